The smallest absolute Gasteiger partial charge is 0.328 e. The van der Waals surface area contributed by atoms with Gasteiger partial charge in [-0.25, -0.2) is 9.78 Å². The molecule has 0 unspecified atom stereocenters. The molecule has 1 atom stereocenters. The number of hydrogen-bond acceptors (Lipinski definition) is 7. The molecule has 7 heteroatoms. The second kappa shape index (κ2) is 15.3. The predicted molar refractivity (Wildman–Crippen MR) is 174 cm³/mol. The van der Waals surface area contributed by atoms with Crippen LogP contribution in [0.2, 0.25) is 0 Å². The van der Waals surface area contributed by atoms with E-state index in [9.17, 15) is 9.59 Å². The molecule has 0 radical (unpaired) electrons. The van der Waals surface area contributed by atoms with E-state index in [0.717, 1.165) is 28.1 Å². The molecule has 5 aromatic rings. The first-order valence-corrected chi connectivity index (χ1v) is 14.8. The topological polar surface area (TPSA) is 90.7 Å². The molecule has 4 aromatic carbocycles. The van der Waals surface area contributed by atoms with Gasteiger partial charge in [-0.2, -0.15) is 0 Å². The number of nitrogens with zero attached hydrogens (tertiary/aromatic N) is 1. The molecule has 1 N–H and O–H groups in total. The summed E-state index contributed by atoms with van der Waals surface area (Å²) in [5.74, 6) is 6.93. The van der Waals surface area contributed by atoms with Gasteiger partial charge >= 0.3 is 5.97 Å². The Morgan fingerprint density at radius 3 is 2.31 bits per heavy atom. The van der Waals surface area contributed by atoms with Crippen LogP contribution < -0.4 is 5.32 Å². The first kappa shape index (κ1) is 31.0. The molecule has 5 rings (SSSR count). The maximum atomic E-state index is 13.2. The molecule has 0 aliphatic rings. The Balaban J connectivity index is 1.19. The number of aryl methyl sites for hydroxylation is 1. The summed E-state index contributed by atoms with van der Waals surface area (Å²) in [6.45, 7) is 4.44. The van der Waals surface area contributed by atoms with Crippen LogP contribution in [-0.4, -0.2) is 36.0 Å². The van der Waals surface area contributed by atoms with E-state index in [-0.39, 0.29) is 19.0 Å². The summed E-state index contributed by atoms with van der Waals surface area (Å²) in [7, 11) is 0. The van der Waals surface area contributed by atoms with Crippen LogP contribution in [0.5, 0.6) is 0 Å². The number of hydrogen-bond donors (Lipinski definition) is 1. The zero-order valence-electron chi connectivity index (χ0n) is 25.3. The van der Waals surface area contributed by atoms with Gasteiger partial charge in [0.05, 0.1) is 13.2 Å². The molecule has 0 amide bonds. The highest BCUT2D eigenvalue weighted by Crippen LogP contribution is 2.23. The van der Waals surface area contributed by atoms with Crippen LogP contribution in [0.1, 0.15) is 45.4 Å². The minimum atomic E-state index is -0.692. The van der Waals surface area contributed by atoms with Gasteiger partial charge in [0.2, 0.25) is 5.89 Å². The number of benzene rings is 4. The number of anilines is 1. The summed E-state index contributed by atoms with van der Waals surface area (Å²) in [5.41, 5.74) is 5.05. The van der Waals surface area contributed by atoms with Gasteiger partial charge in [-0.05, 0) is 55.8 Å². The van der Waals surface area contributed by atoms with Crippen molar-refractivity contribution < 1.29 is 23.5 Å². The van der Waals surface area contributed by atoms with E-state index >= 15 is 0 Å². The third-order valence-corrected chi connectivity index (χ3v) is 7.06. The Morgan fingerprint density at radius 1 is 0.889 bits per heavy atom. The Morgan fingerprint density at radius 2 is 1.58 bits per heavy atom. The average Bonchev–Trinajstić information content (AvgIpc) is 3.45. The third-order valence-electron chi connectivity index (χ3n) is 7.06. The summed E-state index contributed by atoms with van der Waals surface area (Å²) < 4.78 is 16.9. The molecular weight excluding hydrogens is 564 g/mol. The SMILES string of the molecule is CCOC(=O)[C@H](Cc1ccc(C#CCOCc2nc(-c3ccccc3)oc2C)cc1)Nc1ccccc1C(=O)c1ccccc1. The zero-order valence-corrected chi connectivity index (χ0v) is 25.3. The monoisotopic (exact) mass is 598 g/mol. The molecular formula is C38H34N2O5. The maximum absolute atomic E-state index is 13.2. The van der Waals surface area contributed by atoms with E-state index in [1.807, 2.05) is 91.9 Å². The summed E-state index contributed by atoms with van der Waals surface area (Å²) in [4.78, 5) is 30.7. The number of carbonyl (C=O) groups excluding carboxylic acids is 2. The van der Waals surface area contributed by atoms with Crippen LogP contribution in [0.3, 0.4) is 0 Å². The van der Waals surface area contributed by atoms with Crippen LogP contribution in [0.4, 0.5) is 5.69 Å². The fraction of sp³-hybridized carbons (Fsp3) is 0.184. The summed E-state index contributed by atoms with van der Waals surface area (Å²) >= 11 is 0. The molecule has 226 valence electrons. The van der Waals surface area contributed by atoms with E-state index in [2.05, 4.69) is 22.1 Å². The lowest BCUT2D eigenvalue weighted by Gasteiger charge is -2.20. The van der Waals surface area contributed by atoms with Gasteiger partial charge in [-0.1, -0.05) is 84.6 Å². The van der Waals surface area contributed by atoms with Crippen molar-refractivity contribution in [1.82, 2.24) is 4.98 Å². The molecule has 0 spiro atoms. The first-order chi connectivity index (χ1) is 22.0. The predicted octanol–water partition coefficient (Wildman–Crippen LogP) is 7.04. The van der Waals surface area contributed by atoms with Crippen molar-refractivity contribution in [3.63, 3.8) is 0 Å². The van der Waals surface area contributed by atoms with Crippen LogP contribution in [0.25, 0.3) is 11.5 Å². The number of ketones is 1. The van der Waals surface area contributed by atoms with E-state index in [1.165, 1.54) is 0 Å². The highest BCUT2D eigenvalue weighted by atomic mass is 16.5. The third kappa shape index (κ3) is 8.35. The lowest BCUT2D eigenvalue weighted by molar-refractivity contribution is -0.144. The molecule has 0 aliphatic carbocycles. The maximum Gasteiger partial charge on any atom is 0.328 e. The minimum Gasteiger partial charge on any atom is -0.464 e. The van der Waals surface area contributed by atoms with E-state index in [4.69, 9.17) is 13.9 Å². The van der Waals surface area contributed by atoms with Crippen molar-refractivity contribution in [2.45, 2.75) is 32.9 Å². The number of nitrogens with one attached hydrogen (secondary N) is 1. The molecule has 1 aromatic heterocycles. The summed E-state index contributed by atoms with van der Waals surface area (Å²) in [5, 5.41) is 3.27. The Bertz CT molecular complexity index is 1790. The Labute approximate surface area is 263 Å². The average molecular weight is 599 g/mol. The summed E-state index contributed by atoms with van der Waals surface area (Å²) in [6.07, 6.45) is 0.367. The van der Waals surface area contributed by atoms with E-state index in [0.29, 0.717) is 35.7 Å². The van der Waals surface area contributed by atoms with Gasteiger partial charge in [0.1, 0.15) is 24.1 Å². The van der Waals surface area contributed by atoms with E-state index < -0.39 is 12.0 Å². The Hall–Kier alpha value is -5.45. The largest absolute Gasteiger partial charge is 0.464 e. The Kier molecular flexibility index (Phi) is 10.6. The molecule has 1 heterocycles. The normalized spacial score (nSPS) is 11.2. The highest BCUT2D eigenvalue weighted by Gasteiger charge is 2.23. The lowest BCUT2D eigenvalue weighted by Crippen LogP contribution is -2.34. The highest BCUT2D eigenvalue weighted by molar-refractivity contribution is 6.12. The van der Waals surface area contributed by atoms with E-state index in [1.54, 1.807) is 31.2 Å². The molecule has 0 bridgehead atoms. The zero-order chi connectivity index (χ0) is 31.4. The summed E-state index contributed by atoms with van der Waals surface area (Å²) in [6, 6.07) is 33.0. The minimum absolute atomic E-state index is 0.124. The van der Waals surface area contributed by atoms with Crippen LogP contribution in [0.15, 0.2) is 114 Å². The van der Waals surface area contributed by atoms with Crippen molar-refractivity contribution in [2.75, 3.05) is 18.5 Å². The number of ether oxygens (including phenoxy) is 2. The fourth-order valence-electron chi connectivity index (χ4n) is 4.74. The van der Waals surface area contributed by atoms with Crippen molar-refractivity contribution in [2.24, 2.45) is 0 Å². The molecule has 45 heavy (non-hydrogen) atoms. The lowest BCUT2D eigenvalue weighted by atomic mass is 10.00. The number of para-hydroxylation sites is 1. The molecule has 0 aliphatic heterocycles. The molecule has 0 saturated heterocycles. The van der Waals surface area contributed by atoms with Crippen LogP contribution >= 0.6 is 0 Å². The van der Waals surface area contributed by atoms with Gasteiger partial charge in [0.15, 0.2) is 5.78 Å². The fourth-order valence-corrected chi connectivity index (χ4v) is 4.74. The van der Waals surface area contributed by atoms with Crippen LogP contribution in [0, 0.1) is 18.8 Å². The van der Waals surface area contributed by atoms with Crippen molar-refractivity contribution in [1.29, 1.82) is 0 Å². The number of aromatic nitrogens is 1. The van der Waals surface area contributed by atoms with Gasteiger partial charge in [-0.15, -0.1) is 0 Å². The van der Waals surface area contributed by atoms with Gasteiger partial charge < -0.3 is 19.2 Å². The van der Waals surface area contributed by atoms with Crippen LogP contribution in [-0.2, 0) is 27.3 Å². The molecule has 7 nitrogen and oxygen atoms in total. The number of carbonyl (C=O) groups is 2. The number of esters is 1. The molecule has 0 fully saturated rings. The van der Waals surface area contributed by atoms with Crippen molar-refractivity contribution in [3.05, 3.63) is 143 Å². The standard InChI is InChI=1S/C38H34N2O5/c1-3-44-38(42)34(39-33-19-11-10-18-32(33)36(41)30-14-6-4-7-15-30)25-29-22-20-28(21-23-29)13-12-24-43-26-35-27(2)45-37(40-35)31-16-8-5-9-17-31/h4-11,14-23,34,39H,3,24-26H2,1-2H3/t34-/m0/s1. The van der Waals surface area contributed by atoms with Gasteiger partial charge in [0.25, 0.3) is 0 Å². The van der Waals surface area contributed by atoms with Gasteiger partial charge in [-0.3, -0.25) is 4.79 Å². The van der Waals surface area contributed by atoms with Crippen molar-refractivity contribution in [3.8, 4) is 23.3 Å². The second-order valence-corrected chi connectivity index (χ2v) is 10.3. The van der Waals surface area contributed by atoms with Gasteiger partial charge in [0, 0.05) is 34.4 Å². The number of rotatable bonds is 12. The quantitative estimate of drug-likeness (QED) is 0.0713. The number of oxazole rings is 1. The van der Waals surface area contributed by atoms with Crippen molar-refractivity contribution >= 4 is 17.4 Å². The first-order valence-electron chi connectivity index (χ1n) is 14.8. The second-order valence-electron chi connectivity index (χ2n) is 10.3. The molecule has 0 saturated carbocycles.